The number of aryl methyl sites for hydroxylation is 1. The SMILES string of the molecule is C=CCS(=O)(=O)c1cccc(C(=O)NC(Cc2cc(F)cc(F)c2)C(O)CNC2(c3cccc(CC)c3)CC2)c1. The average Bonchev–Trinajstić information content (AvgIpc) is 3.72. The van der Waals surface area contributed by atoms with E-state index in [9.17, 15) is 27.1 Å². The molecule has 2 atom stereocenters. The Morgan fingerprint density at radius 3 is 2.40 bits per heavy atom. The van der Waals surface area contributed by atoms with E-state index >= 15 is 0 Å². The van der Waals surface area contributed by atoms with E-state index in [1.165, 1.54) is 35.9 Å². The summed E-state index contributed by atoms with van der Waals surface area (Å²) in [4.78, 5) is 13.2. The molecule has 3 N–H and O–H groups in total. The van der Waals surface area contributed by atoms with Crippen LogP contribution in [-0.2, 0) is 28.2 Å². The van der Waals surface area contributed by atoms with E-state index in [1.54, 1.807) is 0 Å². The number of amides is 1. The van der Waals surface area contributed by atoms with Crippen molar-refractivity contribution in [3.05, 3.63) is 113 Å². The zero-order chi connectivity index (χ0) is 28.9. The van der Waals surface area contributed by atoms with Gasteiger partial charge < -0.3 is 15.7 Å². The van der Waals surface area contributed by atoms with Gasteiger partial charge in [0.05, 0.1) is 22.8 Å². The van der Waals surface area contributed by atoms with Gasteiger partial charge in [-0.2, -0.15) is 0 Å². The minimum Gasteiger partial charge on any atom is -0.390 e. The fourth-order valence-corrected chi connectivity index (χ4v) is 5.92. The van der Waals surface area contributed by atoms with Gasteiger partial charge in [0.1, 0.15) is 11.6 Å². The maximum absolute atomic E-state index is 13.9. The number of benzene rings is 3. The Bertz CT molecular complexity index is 1470. The van der Waals surface area contributed by atoms with Crippen LogP contribution in [0.2, 0.25) is 0 Å². The van der Waals surface area contributed by atoms with Crippen molar-refractivity contribution in [2.24, 2.45) is 0 Å². The number of halogens is 2. The summed E-state index contributed by atoms with van der Waals surface area (Å²) < 4.78 is 52.8. The fraction of sp³-hybridized carbons (Fsp3) is 0.323. The molecule has 0 saturated heterocycles. The molecule has 3 aromatic rings. The fourth-order valence-electron chi connectivity index (χ4n) is 4.82. The van der Waals surface area contributed by atoms with E-state index in [0.29, 0.717) is 0 Å². The van der Waals surface area contributed by atoms with Crippen molar-refractivity contribution in [2.45, 2.75) is 55.2 Å². The summed E-state index contributed by atoms with van der Waals surface area (Å²) in [7, 11) is -3.66. The van der Waals surface area contributed by atoms with Crippen LogP contribution < -0.4 is 10.6 Å². The molecular weight excluding hydrogens is 534 g/mol. The third kappa shape index (κ3) is 7.21. The van der Waals surface area contributed by atoms with Gasteiger partial charge in [-0.05, 0) is 72.7 Å². The van der Waals surface area contributed by atoms with Crippen LogP contribution in [0.5, 0.6) is 0 Å². The average molecular weight is 569 g/mol. The van der Waals surface area contributed by atoms with Crippen molar-refractivity contribution in [3.8, 4) is 0 Å². The van der Waals surface area contributed by atoms with Gasteiger partial charge in [0, 0.05) is 23.7 Å². The molecular formula is C31H34F2N2O4S. The normalized spacial score (nSPS) is 15.7. The third-order valence-electron chi connectivity index (χ3n) is 7.24. The zero-order valence-electron chi connectivity index (χ0n) is 22.4. The minimum atomic E-state index is -3.66. The molecule has 1 amide bonds. The number of rotatable bonds is 13. The summed E-state index contributed by atoms with van der Waals surface area (Å²) in [6.45, 7) is 5.67. The van der Waals surface area contributed by atoms with Crippen molar-refractivity contribution in [2.75, 3.05) is 12.3 Å². The summed E-state index contributed by atoms with van der Waals surface area (Å²) in [5.41, 5.74) is 2.40. The van der Waals surface area contributed by atoms with Gasteiger partial charge in [0.2, 0.25) is 0 Å². The lowest BCUT2D eigenvalue weighted by Crippen LogP contribution is -2.50. The van der Waals surface area contributed by atoms with Gasteiger partial charge in [-0.1, -0.05) is 43.3 Å². The molecule has 0 spiro atoms. The number of aliphatic hydroxyl groups is 1. The highest BCUT2D eigenvalue weighted by Crippen LogP contribution is 2.45. The Morgan fingerprint density at radius 1 is 1.05 bits per heavy atom. The molecule has 9 heteroatoms. The minimum absolute atomic E-state index is 0.0315. The molecule has 4 rings (SSSR count). The predicted molar refractivity (Wildman–Crippen MR) is 151 cm³/mol. The Kier molecular flexibility index (Phi) is 9.18. The van der Waals surface area contributed by atoms with Gasteiger partial charge in [-0.25, -0.2) is 17.2 Å². The van der Waals surface area contributed by atoms with Gasteiger partial charge in [-0.3, -0.25) is 4.79 Å². The maximum Gasteiger partial charge on any atom is 0.251 e. The number of carbonyl (C=O) groups excluding carboxylic acids is 1. The molecule has 3 aromatic carbocycles. The van der Waals surface area contributed by atoms with Crippen molar-refractivity contribution in [1.29, 1.82) is 0 Å². The van der Waals surface area contributed by atoms with E-state index in [0.717, 1.165) is 43.0 Å². The van der Waals surface area contributed by atoms with E-state index in [-0.39, 0.29) is 40.3 Å². The largest absolute Gasteiger partial charge is 0.390 e. The molecule has 1 saturated carbocycles. The molecule has 1 aliphatic rings. The van der Waals surface area contributed by atoms with Crippen LogP contribution >= 0.6 is 0 Å². The number of nitrogens with one attached hydrogen (secondary N) is 2. The Morgan fingerprint density at radius 2 is 1.75 bits per heavy atom. The van der Waals surface area contributed by atoms with Crippen molar-refractivity contribution >= 4 is 15.7 Å². The Hall–Kier alpha value is -3.40. The van der Waals surface area contributed by atoms with Gasteiger partial charge in [0.25, 0.3) is 5.91 Å². The second kappa shape index (κ2) is 12.4. The lowest BCUT2D eigenvalue weighted by Gasteiger charge is -2.27. The van der Waals surface area contributed by atoms with Crippen LogP contribution in [0.4, 0.5) is 8.78 Å². The third-order valence-corrected chi connectivity index (χ3v) is 8.89. The summed E-state index contributed by atoms with van der Waals surface area (Å²) in [6, 6.07) is 16.0. The highest BCUT2D eigenvalue weighted by molar-refractivity contribution is 7.91. The quantitative estimate of drug-likeness (QED) is 0.265. The van der Waals surface area contributed by atoms with E-state index in [2.05, 4.69) is 36.3 Å². The smallest absolute Gasteiger partial charge is 0.251 e. The molecule has 0 aliphatic heterocycles. The second-order valence-corrected chi connectivity index (χ2v) is 12.3. The van der Waals surface area contributed by atoms with Gasteiger partial charge in [-0.15, -0.1) is 6.58 Å². The molecule has 0 bridgehead atoms. The zero-order valence-corrected chi connectivity index (χ0v) is 23.2. The molecule has 1 fully saturated rings. The summed E-state index contributed by atoms with van der Waals surface area (Å²) in [5, 5.41) is 17.4. The maximum atomic E-state index is 13.9. The first kappa shape index (κ1) is 29.6. The number of hydrogen-bond acceptors (Lipinski definition) is 5. The molecule has 0 aromatic heterocycles. The van der Waals surface area contributed by atoms with Crippen LogP contribution in [0.25, 0.3) is 0 Å². The molecule has 2 unspecified atom stereocenters. The van der Waals surface area contributed by atoms with E-state index in [1.807, 2.05) is 12.1 Å². The standard InChI is InChI=1S/C31H34F2N2O4S/c1-3-13-40(38,39)27-10-6-8-23(18-27)30(37)35-28(17-22-15-25(32)19-26(33)16-22)29(36)20-34-31(11-12-31)24-9-5-7-21(4-2)14-24/h3,5-10,14-16,18-19,28-29,34,36H,1,4,11-13,17,20H2,2H3,(H,35,37). The highest BCUT2D eigenvalue weighted by atomic mass is 32.2. The first-order chi connectivity index (χ1) is 19.0. The van der Waals surface area contributed by atoms with E-state index < -0.39 is 39.5 Å². The molecule has 1 aliphatic carbocycles. The van der Waals surface area contributed by atoms with Crippen LogP contribution in [-0.4, -0.2) is 43.9 Å². The van der Waals surface area contributed by atoms with Crippen LogP contribution in [0.1, 0.15) is 46.8 Å². The number of sulfone groups is 1. The van der Waals surface area contributed by atoms with Gasteiger partial charge >= 0.3 is 0 Å². The number of hydrogen-bond donors (Lipinski definition) is 3. The second-order valence-electron chi connectivity index (χ2n) is 10.2. The highest BCUT2D eigenvalue weighted by Gasteiger charge is 2.44. The molecule has 40 heavy (non-hydrogen) atoms. The Balaban J connectivity index is 1.54. The van der Waals surface area contributed by atoms with Gasteiger partial charge in [0.15, 0.2) is 9.84 Å². The Labute approximate surface area is 234 Å². The first-order valence-corrected chi connectivity index (χ1v) is 14.9. The van der Waals surface area contributed by atoms with E-state index in [4.69, 9.17) is 0 Å². The van der Waals surface area contributed by atoms with Crippen molar-refractivity contribution in [3.63, 3.8) is 0 Å². The topological polar surface area (TPSA) is 95.5 Å². The molecule has 0 heterocycles. The number of carbonyl (C=O) groups is 1. The molecule has 212 valence electrons. The lowest BCUT2D eigenvalue weighted by molar-refractivity contribution is 0.0821. The summed E-state index contributed by atoms with van der Waals surface area (Å²) in [6.07, 6.45) is 2.80. The molecule has 0 radical (unpaired) electrons. The predicted octanol–water partition coefficient (Wildman–Crippen LogP) is 4.47. The lowest BCUT2D eigenvalue weighted by atomic mass is 9.98. The summed E-state index contributed by atoms with van der Waals surface area (Å²) >= 11 is 0. The van der Waals surface area contributed by atoms with Crippen LogP contribution in [0, 0.1) is 11.6 Å². The van der Waals surface area contributed by atoms with Crippen molar-refractivity contribution in [1.82, 2.24) is 10.6 Å². The first-order valence-electron chi connectivity index (χ1n) is 13.3. The summed E-state index contributed by atoms with van der Waals surface area (Å²) in [5.74, 6) is -2.42. The molecule has 6 nitrogen and oxygen atoms in total. The number of aliphatic hydroxyl groups excluding tert-OH is 1. The monoisotopic (exact) mass is 568 g/mol. The van der Waals surface area contributed by atoms with Crippen LogP contribution in [0.15, 0.2) is 84.3 Å². The van der Waals surface area contributed by atoms with Crippen molar-refractivity contribution < 1.29 is 27.1 Å². The van der Waals surface area contributed by atoms with Crippen LogP contribution in [0.3, 0.4) is 0 Å².